The largest absolute Gasteiger partial charge is 0.476 e. The first-order valence-electron chi connectivity index (χ1n) is 5.93. The van der Waals surface area contributed by atoms with Gasteiger partial charge in [0.1, 0.15) is 5.82 Å². The van der Waals surface area contributed by atoms with Crippen molar-refractivity contribution < 1.29 is 14.7 Å². The first-order chi connectivity index (χ1) is 8.99. The molecule has 0 spiro atoms. The molecule has 1 aromatic rings. The van der Waals surface area contributed by atoms with E-state index in [-0.39, 0.29) is 22.5 Å². The molecule has 0 aliphatic carbocycles. The fraction of sp³-hybridized carbons (Fsp3) is 0.417. The molecule has 3 N–H and O–H groups in total. The van der Waals surface area contributed by atoms with Crippen LogP contribution in [0.3, 0.4) is 0 Å². The molecule has 2 rings (SSSR count). The Kier molecular flexibility index (Phi) is 3.90. The molecule has 1 amide bonds. The third kappa shape index (κ3) is 2.96. The minimum Gasteiger partial charge on any atom is -0.476 e. The monoisotopic (exact) mass is 283 g/mol. The van der Waals surface area contributed by atoms with Gasteiger partial charge in [0.05, 0.1) is 5.02 Å². The highest BCUT2D eigenvalue weighted by Gasteiger charge is 2.24. The van der Waals surface area contributed by atoms with Crippen LogP contribution in [0.1, 0.15) is 23.3 Å². The maximum atomic E-state index is 11.1. The second kappa shape index (κ2) is 5.44. The predicted octanol–water partition coefficient (Wildman–Crippen LogP) is 1.13. The molecule has 1 aliphatic rings. The van der Waals surface area contributed by atoms with Crippen LogP contribution < -0.4 is 10.6 Å². The zero-order valence-electron chi connectivity index (χ0n) is 10.2. The third-order valence-electron chi connectivity index (χ3n) is 3.26. The molecular weight excluding hydrogens is 270 g/mol. The van der Waals surface area contributed by atoms with E-state index in [1.165, 1.54) is 6.07 Å². The van der Waals surface area contributed by atoms with E-state index in [9.17, 15) is 9.59 Å². The molecule has 1 fully saturated rings. The molecule has 0 bridgehead atoms. The number of piperidine rings is 1. The van der Waals surface area contributed by atoms with Crippen LogP contribution in [0.4, 0.5) is 5.82 Å². The smallest absolute Gasteiger partial charge is 0.356 e. The summed E-state index contributed by atoms with van der Waals surface area (Å²) in [7, 11) is 0. The van der Waals surface area contributed by atoms with Crippen LogP contribution in [0.2, 0.25) is 5.02 Å². The first kappa shape index (κ1) is 13.6. The van der Waals surface area contributed by atoms with Crippen LogP contribution >= 0.6 is 11.6 Å². The number of carboxylic acid groups (broad SMARTS) is 1. The van der Waals surface area contributed by atoms with Crippen LogP contribution in [0, 0.1) is 5.92 Å². The Morgan fingerprint density at radius 2 is 2.00 bits per heavy atom. The number of carboxylic acids is 1. The molecule has 7 heteroatoms. The average Bonchev–Trinajstić information content (AvgIpc) is 2.39. The molecule has 1 saturated heterocycles. The summed E-state index contributed by atoms with van der Waals surface area (Å²) < 4.78 is 0. The van der Waals surface area contributed by atoms with Gasteiger partial charge in [0.15, 0.2) is 5.69 Å². The molecule has 0 aromatic carbocycles. The number of anilines is 1. The molecule has 19 heavy (non-hydrogen) atoms. The normalized spacial score (nSPS) is 16.4. The number of aromatic carboxylic acids is 1. The molecule has 102 valence electrons. The zero-order valence-corrected chi connectivity index (χ0v) is 10.9. The SMILES string of the molecule is NC(=O)C1CCN(c2ccc(Cl)c(C(=O)O)n2)CC1. The fourth-order valence-corrected chi connectivity index (χ4v) is 2.34. The van der Waals surface area contributed by atoms with Crippen molar-refractivity contribution in [2.75, 3.05) is 18.0 Å². The van der Waals surface area contributed by atoms with Crippen molar-refractivity contribution in [3.8, 4) is 0 Å². The highest BCUT2D eigenvalue weighted by Crippen LogP contribution is 2.24. The topological polar surface area (TPSA) is 96.5 Å². The molecule has 0 atom stereocenters. The number of carbonyl (C=O) groups is 2. The van der Waals surface area contributed by atoms with Crippen molar-refractivity contribution in [1.82, 2.24) is 4.98 Å². The number of nitrogens with zero attached hydrogens (tertiary/aromatic N) is 2. The van der Waals surface area contributed by atoms with Gasteiger partial charge in [-0.25, -0.2) is 9.78 Å². The number of nitrogens with two attached hydrogens (primary N) is 1. The van der Waals surface area contributed by atoms with E-state index in [0.717, 1.165) is 0 Å². The maximum absolute atomic E-state index is 11.1. The van der Waals surface area contributed by atoms with Crippen LogP contribution in [0.5, 0.6) is 0 Å². The third-order valence-corrected chi connectivity index (χ3v) is 3.56. The van der Waals surface area contributed by atoms with Crippen LogP contribution in [0.25, 0.3) is 0 Å². The number of halogens is 1. The molecule has 0 radical (unpaired) electrons. The summed E-state index contributed by atoms with van der Waals surface area (Å²) in [5.41, 5.74) is 5.11. The van der Waals surface area contributed by atoms with Crippen molar-refractivity contribution in [1.29, 1.82) is 0 Å². The van der Waals surface area contributed by atoms with Gasteiger partial charge in [0, 0.05) is 19.0 Å². The van der Waals surface area contributed by atoms with Gasteiger partial charge in [-0.1, -0.05) is 11.6 Å². The Morgan fingerprint density at radius 1 is 1.37 bits per heavy atom. The van der Waals surface area contributed by atoms with Crippen LogP contribution in [-0.2, 0) is 4.79 Å². The summed E-state index contributed by atoms with van der Waals surface area (Å²) in [4.78, 5) is 28.0. The lowest BCUT2D eigenvalue weighted by Crippen LogP contribution is -2.39. The molecule has 6 nitrogen and oxygen atoms in total. The summed E-state index contributed by atoms with van der Waals surface area (Å²) in [6.45, 7) is 1.25. The Labute approximate surface area is 115 Å². The molecule has 2 heterocycles. The van der Waals surface area contributed by atoms with Crippen molar-refractivity contribution in [3.05, 3.63) is 22.8 Å². The number of aromatic nitrogens is 1. The van der Waals surface area contributed by atoms with E-state index < -0.39 is 5.97 Å². The number of primary amides is 1. The molecule has 0 saturated carbocycles. The number of hydrogen-bond donors (Lipinski definition) is 2. The van der Waals surface area contributed by atoms with Crippen molar-refractivity contribution in [2.24, 2.45) is 11.7 Å². The summed E-state index contributed by atoms with van der Waals surface area (Å²) in [5.74, 6) is -0.985. The van der Waals surface area contributed by atoms with E-state index in [0.29, 0.717) is 31.7 Å². The highest BCUT2D eigenvalue weighted by molar-refractivity contribution is 6.33. The molecule has 1 aromatic heterocycles. The van der Waals surface area contributed by atoms with Crippen molar-refractivity contribution in [3.63, 3.8) is 0 Å². The van der Waals surface area contributed by atoms with E-state index in [2.05, 4.69) is 4.98 Å². The lowest BCUT2D eigenvalue weighted by Gasteiger charge is -2.31. The van der Waals surface area contributed by atoms with Gasteiger partial charge in [0.2, 0.25) is 5.91 Å². The number of amides is 1. The van der Waals surface area contributed by atoms with Crippen LogP contribution in [-0.4, -0.2) is 35.1 Å². The Morgan fingerprint density at radius 3 is 2.53 bits per heavy atom. The van der Waals surface area contributed by atoms with Crippen molar-refractivity contribution in [2.45, 2.75) is 12.8 Å². The second-order valence-corrected chi connectivity index (χ2v) is 4.88. The van der Waals surface area contributed by atoms with E-state index >= 15 is 0 Å². The van der Waals surface area contributed by atoms with E-state index in [4.69, 9.17) is 22.4 Å². The van der Waals surface area contributed by atoms with Gasteiger partial charge in [-0.2, -0.15) is 0 Å². The second-order valence-electron chi connectivity index (χ2n) is 4.47. The number of carbonyl (C=O) groups excluding carboxylic acids is 1. The van der Waals surface area contributed by atoms with Gasteiger partial charge < -0.3 is 15.7 Å². The maximum Gasteiger partial charge on any atom is 0.356 e. The van der Waals surface area contributed by atoms with Crippen LogP contribution in [0.15, 0.2) is 12.1 Å². The molecule has 0 unspecified atom stereocenters. The van der Waals surface area contributed by atoms with Gasteiger partial charge in [-0.3, -0.25) is 4.79 Å². The summed E-state index contributed by atoms with van der Waals surface area (Å²) in [6, 6.07) is 3.20. The summed E-state index contributed by atoms with van der Waals surface area (Å²) in [5, 5.41) is 9.09. The minimum atomic E-state index is -1.15. The summed E-state index contributed by atoms with van der Waals surface area (Å²) >= 11 is 5.77. The van der Waals surface area contributed by atoms with E-state index in [1.807, 2.05) is 4.90 Å². The predicted molar refractivity (Wildman–Crippen MR) is 70.3 cm³/mol. The zero-order chi connectivity index (χ0) is 14.0. The molecule has 1 aliphatic heterocycles. The lowest BCUT2D eigenvalue weighted by molar-refractivity contribution is -0.122. The van der Waals surface area contributed by atoms with Crippen molar-refractivity contribution >= 4 is 29.3 Å². The Balaban J connectivity index is 2.14. The van der Waals surface area contributed by atoms with Gasteiger partial charge in [-0.15, -0.1) is 0 Å². The standard InChI is InChI=1S/C12H14ClN3O3/c13-8-1-2-9(15-10(8)12(18)19)16-5-3-7(4-6-16)11(14)17/h1-2,7H,3-6H2,(H2,14,17)(H,18,19). The Bertz CT molecular complexity index is 513. The average molecular weight is 284 g/mol. The van der Waals surface area contributed by atoms with E-state index in [1.54, 1.807) is 6.07 Å². The quantitative estimate of drug-likeness (QED) is 0.867. The summed E-state index contributed by atoms with van der Waals surface area (Å²) in [6.07, 6.45) is 1.31. The number of rotatable bonds is 3. The highest BCUT2D eigenvalue weighted by atomic mass is 35.5. The number of hydrogen-bond acceptors (Lipinski definition) is 4. The van der Waals surface area contributed by atoms with Gasteiger partial charge in [0.25, 0.3) is 0 Å². The molecular formula is C12H14ClN3O3. The lowest BCUT2D eigenvalue weighted by atomic mass is 9.96. The van der Waals surface area contributed by atoms with Gasteiger partial charge in [-0.05, 0) is 25.0 Å². The number of pyridine rings is 1. The first-order valence-corrected chi connectivity index (χ1v) is 6.31. The van der Waals surface area contributed by atoms with Gasteiger partial charge >= 0.3 is 5.97 Å². The fourth-order valence-electron chi connectivity index (χ4n) is 2.15. The minimum absolute atomic E-state index is 0.109. The Hall–Kier alpha value is -1.82.